The second-order valence-corrected chi connectivity index (χ2v) is 15.7. The monoisotopic (exact) mass is 896 g/mol. The highest BCUT2D eigenvalue weighted by Crippen LogP contribution is 2.42. The lowest BCUT2D eigenvalue weighted by molar-refractivity contribution is -0.147. The smallest absolute Gasteiger partial charge is 0.336 e. The number of methoxy groups -OCH3 is 2. The van der Waals surface area contributed by atoms with Crippen LogP contribution in [-0.4, -0.2) is 92.6 Å². The number of furan rings is 2. The van der Waals surface area contributed by atoms with Gasteiger partial charge in [-0.1, -0.05) is 6.58 Å². The van der Waals surface area contributed by atoms with Crippen LogP contribution in [0.2, 0.25) is 0 Å². The van der Waals surface area contributed by atoms with Crippen LogP contribution in [0.1, 0.15) is 76.5 Å². The molecule has 0 fully saturated rings. The van der Waals surface area contributed by atoms with Crippen molar-refractivity contribution in [2.45, 2.75) is 85.5 Å². The van der Waals surface area contributed by atoms with Gasteiger partial charge in [0.15, 0.2) is 18.0 Å². The van der Waals surface area contributed by atoms with Crippen LogP contribution in [0.3, 0.4) is 0 Å². The van der Waals surface area contributed by atoms with Crippen molar-refractivity contribution in [2.24, 2.45) is 0 Å². The lowest BCUT2D eigenvalue weighted by atomic mass is 9.97. The molecule has 65 heavy (non-hydrogen) atoms. The minimum absolute atomic E-state index is 0.0354. The van der Waals surface area contributed by atoms with E-state index >= 15 is 0 Å². The number of unbranched alkanes of at least 4 members (excludes halogenated alkanes) is 1. The summed E-state index contributed by atoms with van der Waals surface area (Å²) in [7, 11) is 3.30. The largest absolute Gasteiger partial charge is 0.457 e. The van der Waals surface area contributed by atoms with Crippen molar-refractivity contribution in [1.82, 2.24) is 16.0 Å². The quantitative estimate of drug-likeness (QED) is 0.0395. The van der Waals surface area contributed by atoms with Gasteiger partial charge in [0, 0.05) is 83.8 Å². The maximum atomic E-state index is 13.4. The maximum absolute atomic E-state index is 13.4. The summed E-state index contributed by atoms with van der Waals surface area (Å²) in [5.41, 5.74) is 5.97. The van der Waals surface area contributed by atoms with E-state index in [2.05, 4.69) is 43.2 Å². The summed E-state index contributed by atoms with van der Waals surface area (Å²) in [4.78, 5) is 64.2. The van der Waals surface area contributed by atoms with Gasteiger partial charge in [-0.25, -0.2) is 4.79 Å². The lowest BCUT2D eigenvalue weighted by Gasteiger charge is -2.21. The first kappa shape index (κ1) is 49.3. The number of amides is 4. The van der Waals surface area contributed by atoms with Crippen molar-refractivity contribution in [3.8, 4) is 18.1 Å². The number of carbonyl (C=O) groups excluding carboxylic acids is 4. The van der Waals surface area contributed by atoms with Gasteiger partial charge >= 0.3 is 5.63 Å². The van der Waals surface area contributed by atoms with Crippen LogP contribution in [-0.2, 0) is 23.9 Å². The number of anilines is 1. The Balaban J connectivity index is 0.00000124. The number of benzene rings is 2. The van der Waals surface area contributed by atoms with Crippen molar-refractivity contribution < 1.29 is 56.9 Å². The Hall–Kier alpha value is -6.71. The Kier molecular flexibility index (Phi) is 16.5. The molecule has 346 valence electrons. The number of aliphatic hydroxyl groups excluding tert-OH is 2. The first-order valence-corrected chi connectivity index (χ1v) is 21.0. The molecule has 17 heteroatoms. The SMILES string of the molecule is C#CCC[C@H](NC(=O)[C@H](O)[C@@H](O)C(=O)NCCCCNC(=O)c1oc2c(C)c3c(cc2c1C)C(C)=CC(=C)O3)C(=O)Nc1oc2c(C)c3oc(=O)cc(C)c3cc2c1C.COCCOC. The summed E-state index contributed by atoms with van der Waals surface area (Å²) in [5, 5.41) is 33.6. The number of rotatable bonds is 17. The number of fused-ring (bicyclic) bond motifs is 4. The average molecular weight is 897 g/mol. The summed E-state index contributed by atoms with van der Waals surface area (Å²) in [5.74, 6) is 0.498. The second kappa shape index (κ2) is 21.8. The van der Waals surface area contributed by atoms with Gasteiger partial charge in [0.05, 0.1) is 13.2 Å². The highest BCUT2D eigenvalue weighted by Gasteiger charge is 2.33. The molecule has 5 aromatic rings. The third-order valence-corrected chi connectivity index (χ3v) is 11.0. The van der Waals surface area contributed by atoms with Crippen LogP contribution in [0.4, 0.5) is 5.88 Å². The molecule has 2 aromatic carbocycles. The minimum atomic E-state index is -2.22. The number of hydrogen-bond donors (Lipinski definition) is 6. The van der Waals surface area contributed by atoms with E-state index in [4.69, 9.17) is 24.4 Å². The summed E-state index contributed by atoms with van der Waals surface area (Å²) < 4.78 is 32.6. The van der Waals surface area contributed by atoms with E-state index in [9.17, 15) is 34.2 Å². The van der Waals surface area contributed by atoms with Crippen LogP contribution < -0.4 is 31.6 Å². The van der Waals surface area contributed by atoms with Crippen molar-refractivity contribution in [2.75, 3.05) is 45.8 Å². The van der Waals surface area contributed by atoms with Crippen molar-refractivity contribution >= 4 is 68.0 Å². The molecule has 4 amide bonds. The van der Waals surface area contributed by atoms with Gasteiger partial charge in [-0.3, -0.25) is 24.5 Å². The molecule has 1 aliphatic heterocycles. The molecular weight excluding hydrogens is 841 g/mol. The topological polar surface area (TPSA) is 241 Å². The van der Waals surface area contributed by atoms with E-state index in [1.54, 1.807) is 41.1 Å². The van der Waals surface area contributed by atoms with E-state index in [0.717, 1.165) is 22.1 Å². The van der Waals surface area contributed by atoms with Gasteiger partial charge < -0.3 is 53.6 Å². The zero-order chi connectivity index (χ0) is 47.7. The number of terminal acetylenes is 1. The highest BCUT2D eigenvalue weighted by atomic mass is 16.5. The number of nitrogens with one attached hydrogen (secondary N) is 4. The Morgan fingerprint density at radius 3 is 2.05 bits per heavy atom. The average Bonchev–Trinajstić information content (AvgIpc) is 3.78. The van der Waals surface area contributed by atoms with Gasteiger partial charge in [-0.15, -0.1) is 12.3 Å². The number of ether oxygens (including phenoxy) is 3. The first-order chi connectivity index (χ1) is 30.9. The summed E-state index contributed by atoms with van der Waals surface area (Å²) >= 11 is 0. The third-order valence-electron chi connectivity index (χ3n) is 11.0. The van der Waals surface area contributed by atoms with Crippen LogP contribution in [0.5, 0.6) is 5.75 Å². The Morgan fingerprint density at radius 1 is 0.769 bits per heavy atom. The zero-order valence-electron chi connectivity index (χ0n) is 37.9. The number of aryl methyl sites for hydroxylation is 5. The van der Waals surface area contributed by atoms with E-state index in [1.165, 1.54) is 6.07 Å². The van der Waals surface area contributed by atoms with Crippen LogP contribution >= 0.6 is 0 Å². The molecule has 0 saturated heterocycles. The van der Waals surface area contributed by atoms with Crippen molar-refractivity contribution in [3.63, 3.8) is 0 Å². The predicted molar refractivity (Wildman–Crippen MR) is 245 cm³/mol. The minimum Gasteiger partial charge on any atom is -0.457 e. The molecule has 0 spiro atoms. The van der Waals surface area contributed by atoms with E-state index < -0.39 is 47.5 Å². The molecule has 6 rings (SSSR count). The van der Waals surface area contributed by atoms with Gasteiger partial charge in [-0.05, 0) is 90.2 Å². The molecule has 3 aromatic heterocycles. The third kappa shape index (κ3) is 11.2. The molecule has 4 heterocycles. The van der Waals surface area contributed by atoms with Gasteiger partial charge in [0.2, 0.25) is 11.8 Å². The number of carbonyl (C=O) groups is 4. The Bertz CT molecular complexity index is 2760. The Morgan fingerprint density at radius 2 is 1.38 bits per heavy atom. The van der Waals surface area contributed by atoms with E-state index in [-0.39, 0.29) is 37.6 Å². The standard InChI is InChI=1S/C44H46N4O11.C4H10O2/c1-9-10-13-31(40(52)48-44-24(6)30-19-28-21(3)17-32(49)57-36(28)26(8)38(30)59-44)47-42(54)34(51)33(50)41(53)45-14-11-12-15-46-43(55)39-23(5)29-18-27-20(2)16-22(4)56-35(27)25(7)37(29)58-39;1-5-3-4-6-2/h1,16-19,31,33-34,50-51H,4,10-15H2,2-3,5-8H3,(H,45,53)(H,46,55)(H,47,54)(H,48,52);3-4H2,1-2H3/t31-,33+,34+;/m0./s1. The number of allylic oxidation sites excluding steroid dienone is 2. The fourth-order valence-electron chi connectivity index (χ4n) is 7.29. The fourth-order valence-corrected chi connectivity index (χ4v) is 7.29. The summed E-state index contributed by atoms with van der Waals surface area (Å²) in [6.45, 7) is 16.5. The molecule has 0 aliphatic carbocycles. The molecule has 3 atom stereocenters. The van der Waals surface area contributed by atoms with Gasteiger partial charge in [-0.2, -0.15) is 0 Å². The van der Waals surface area contributed by atoms with Crippen LogP contribution in [0.25, 0.3) is 38.5 Å². The van der Waals surface area contributed by atoms with Crippen LogP contribution in [0.15, 0.2) is 54.7 Å². The van der Waals surface area contributed by atoms with Crippen LogP contribution in [0, 0.1) is 47.0 Å². The van der Waals surface area contributed by atoms with E-state index in [0.29, 0.717) is 87.3 Å². The molecule has 0 saturated carbocycles. The Labute approximate surface area is 375 Å². The molecule has 17 nitrogen and oxygen atoms in total. The second-order valence-electron chi connectivity index (χ2n) is 15.7. The predicted octanol–water partition coefficient (Wildman–Crippen LogP) is 5.30. The normalized spacial score (nSPS) is 13.4. The molecule has 0 bridgehead atoms. The number of hydrogen-bond acceptors (Lipinski definition) is 13. The summed E-state index contributed by atoms with van der Waals surface area (Å²) in [6.07, 6.45) is 3.76. The highest BCUT2D eigenvalue weighted by molar-refractivity contribution is 6.05. The molecule has 1 aliphatic rings. The fraction of sp³-hybridized carbons (Fsp3) is 0.396. The maximum Gasteiger partial charge on any atom is 0.336 e. The van der Waals surface area contributed by atoms with E-state index in [1.807, 2.05) is 32.9 Å². The molecule has 0 radical (unpaired) electrons. The zero-order valence-corrected chi connectivity index (χ0v) is 37.9. The lowest BCUT2D eigenvalue weighted by Crippen LogP contribution is -2.53. The van der Waals surface area contributed by atoms with Crippen molar-refractivity contribution in [3.05, 3.63) is 86.2 Å². The molecule has 6 N–H and O–H groups in total. The summed E-state index contributed by atoms with van der Waals surface area (Å²) in [6, 6.07) is 3.84. The molecular formula is C48H56N4O13. The van der Waals surface area contributed by atoms with Gasteiger partial charge in [0.1, 0.15) is 34.3 Å². The first-order valence-electron chi connectivity index (χ1n) is 21.0. The van der Waals surface area contributed by atoms with Crippen molar-refractivity contribution in [1.29, 1.82) is 0 Å². The number of aliphatic hydroxyl groups is 2. The van der Waals surface area contributed by atoms with Gasteiger partial charge in [0.25, 0.3) is 17.7 Å². The molecule has 0 unspecified atom stereocenters.